The Morgan fingerprint density at radius 2 is 1.84 bits per heavy atom. The third-order valence-corrected chi connectivity index (χ3v) is 3.31. The lowest BCUT2D eigenvalue weighted by atomic mass is 10.1. The first-order valence-corrected chi connectivity index (χ1v) is 6.68. The lowest BCUT2D eigenvalue weighted by Gasteiger charge is -2.18. The summed E-state index contributed by atoms with van der Waals surface area (Å²) in [5.41, 5.74) is 0.824. The van der Waals surface area contributed by atoms with Crippen molar-refractivity contribution in [2.45, 2.75) is 25.9 Å². The van der Waals surface area contributed by atoms with E-state index < -0.39 is 0 Å². The second-order valence-electron chi connectivity index (χ2n) is 5.33. The summed E-state index contributed by atoms with van der Waals surface area (Å²) in [4.78, 5) is 0. The molecule has 102 valence electrons. The Kier molecular flexibility index (Phi) is 4.30. The standard InChI is InChI=1S/C15H18ClNO2/c1-15(2,10-18)17-9-13-7-8-14(19-13)11-3-5-12(16)6-4-11/h3-8,17-18H,9-10H2,1-2H3/p+1. The molecule has 0 aliphatic rings. The van der Waals surface area contributed by atoms with Crippen LogP contribution < -0.4 is 5.32 Å². The summed E-state index contributed by atoms with van der Waals surface area (Å²) in [6.07, 6.45) is 0. The largest absolute Gasteiger partial charge is 0.455 e. The zero-order valence-electron chi connectivity index (χ0n) is 11.2. The van der Waals surface area contributed by atoms with E-state index in [1.807, 2.05) is 50.2 Å². The quantitative estimate of drug-likeness (QED) is 0.884. The van der Waals surface area contributed by atoms with Gasteiger partial charge in [-0.3, -0.25) is 0 Å². The number of rotatable bonds is 5. The van der Waals surface area contributed by atoms with Crippen molar-refractivity contribution in [1.82, 2.24) is 0 Å². The van der Waals surface area contributed by atoms with Crippen LogP contribution in [-0.4, -0.2) is 17.3 Å². The molecule has 4 heteroatoms. The molecule has 3 nitrogen and oxygen atoms in total. The second kappa shape index (κ2) is 5.78. The Morgan fingerprint density at radius 1 is 1.16 bits per heavy atom. The van der Waals surface area contributed by atoms with Gasteiger partial charge in [-0.15, -0.1) is 0 Å². The molecule has 0 bridgehead atoms. The zero-order chi connectivity index (χ0) is 13.9. The molecule has 19 heavy (non-hydrogen) atoms. The number of furan rings is 1. The third kappa shape index (κ3) is 3.83. The molecule has 0 fully saturated rings. The molecule has 1 aromatic heterocycles. The van der Waals surface area contributed by atoms with Gasteiger partial charge >= 0.3 is 0 Å². The monoisotopic (exact) mass is 280 g/mol. The van der Waals surface area contributed by atoms with E-state index in [0.29, 0.717) is 11.6 Å². The lowest BCUT2D eigenvalue weighted by Crippen LogP contribution is -2.95. The van der Waals surface area contributed by atoms with Crippen molar-refractivity contribution in [2.75, 3.05) is 6.61 Å². The van der Waals surface area contributed by atoms with Crippen molar-refractivity contribution in [1.29, 1.82) is 0 Å². The van der Waals surface area contributed by atoms with Gasteiger partial charge in [0.1, 0.15) is 17.8 Å². The summed E-state index contributed by atoms with van der Waals surface area (Å²) < 4.78 is 5.79. The first-order chi connectivity index (χ1) is 9.00. The third-order valence-electron chi connectivity index (χ3n) is 3.05. The minimum absolute atomic E-state index is 0.137. The van der Waals surface area contributed by atoms with E-state index in [-0.39, 0.29) is 12.1 Å². The Hall–Kier alpha value is -1.29. The van der Waals surface area contributed by atoms with E-state index in [4.69, 9.17) is 16.0 Å². The summed E-state index contributed by atoms with van der Waals surface area (Å²) in [6.45, 7) is 4.84. The van der Waals surface area contributed by atoms with Gasteiger partial charge in [0.2, 0.25) is 0 Å². The molecule has 2 rings (SSSR count). The number of halogens is 1. The van der Waals surface area contributed by atoms with Crippen LogP contribution in [0.25, 0.3) is 11.3 Å². The summed E-state index contributed by atoms with van der Waals surface area (Å²) in [6, 6.07) is 11.5. The maximum atomic E-state index is 9.21. The molecule has 3 N–H and O–H groups in total. The predicted molar refractivity (Wildman–Crippen MR) is 75.9 cm³/mol. The van der Waals surface area contributed by atoms with Gasteiger partial charge in [0.15, 0.2) is 5.76 Å². The van der Waals surface area contributed by atoms with E-state index in [0.717, 1.165) is 17.1 Å². The van der Waals surface area contributed by atoms with Gasteiger partial charge in [-0.05, 0) is 50.2 Å². The van der Waals surface area contributed by atoms with Gasteiger partial charge in [-0.25, -0.2) is 0 Å². The van der Waals surface area contributed by atoms with Gasteiger partial charge in [0.25, 0.3) is 0 Å². The number of aliphatic hydroxyl groups excluding tert-OH is 1. The molecule has 0 saturated carbocycles. The average molecular weight is 281 g/mol. The van der Waals surface area contributed by atoms with E-state index in [1.165, 1.54) is 0 Å². The first-order valence-electron chi connectivity index (χ1n) is 6.30. The molecule has 0 aliphatic heterocycles. The Balaban J connectivity index is 2.05. The Labute approximate surface area is 118 Å². The molecule has 0 amide bonds. The van der Waals surface area contributed by atoms with Crippen LogP contribution in [0.4, 0.5) is 0 Å². The highest BCUT2D eigenvalue weighted by molar-refractivity contribution is 6.30. The summed E-state index contributed by atoms with van der Waals surface area (Å²) in [7, 11) is 0. The molecular formula is C15H19ClNO2+. The van der Waals surface area contributed by atoms with Crippen LogP contribution in [0.2, 0.25) is 5.02 Å². The summed E-state index contributed by atoms with van der Waals surface area (Å²) in [5, 5.41) is 12.0. The van der Waals surface area contributed by atoms with Gasteiger partial charge in [-0.1, -0.05) is 11.6 Å². The molecule has 0 radical (unpaired) electrons. The second-order valence-corrected chi connectivity index (χ2v) is 5.76. The van der Waals surface area contributed by atoms with Crippen LogP contribution in [0, 0.1) is 0 Å². The minimum atomic E-state index is -0.187. The van der Waals surface area contributed by atoms with Crippen LogP contribution in [0.5, 0.6) is 0 Å². The SMILES string of the molecule is CC(C)(CO)[NH2+]Cc1ccc(-c2ccc(Cl)cc2)o1. The fourth-order valence-electron chi connectivity index (χ4n) is 1.70. The highest BCUT2D eigenvalue weighted by Gasteiger charge is 2.20. The molecule has 0 aliphatic carbocycles. The van der Waals surface area contributed by atoms with Gasteiger partial charge < -0.3 is 14.8 Å². The number of quaternary nitrogens is 1. The van der Waals surface area contributed by atoms with Crippen LogP contribution in [-0.2, 0) is 6.54 Å². The van der Waals surface area contributed by atoms with E-state index >= 15 is 0 Å². The zero-order valence-corrected chi connectivity index (χ0v) is 11.9. The Bertz CT molecular complexity index is 531. The molecule has 0 spiro atoms. The highest BCUT2D eigenvalue weighted by atomic mass is 35.5. The molecule has 1 heterocycles. The number of hydrogen-bond donors (Lipinski definition) is 2. The maximum Gasteiger partial charge on any atom is 0.158 e. The first kappa shape index (κ1) is 14.1. The van der Waals surface area contributed by atoms with Crippen molar-refractivity contribution in [3.63, 3.8) is 0 Å². The van der Waals surface area contributed by atoms with Crippen molar-refractivity contribution >= 4 is 11.6 Å². The smallest absolute Gasteiger partial charge is 0.158 e. The van der Waals surface area contributed by atoms with Crippen LogP contribution in [0.15, 0.2) is 40.8 Å². The molecule has 2 aromatic rings. The van der Waals surface area contributed by atoms with Crippen molar-refractivity contribution in [2.24, 2.45) is 0 Å². The fourth-order valence-corrected chi connectivity index (χ4v) is 1.82. The van der Waals surface area contributed by atoms with Crippen molar-refractivity contribution in [3.05, 3.63) is 47.2 Å². The predicted octanol–water partition coefficient (Wildman–Crippen LogP) is 2.43. The van der Waals surface area contributed by atoms with Crippen molar-refractivity contribution < 1.29 is 14.8 Å². The minimum Gasteiger partial charge on any atom is -0.455 e. The summed E-state index contributed by atoms with van der Waals surface area (Å²) >= 11 is 5.86. The van der Waals surface area contributed by atoms with E-state index in [2.05, 4.69) is 5.32 Å². The topological polar surface area (TPSA) is 50.0 Å². The number of nitrogens with two attached hydrogens (primary N) is 1. The van der Waals surface area contributed by atoms with Crippen LogP contribution >= 0.6 is 11.6 Å². The molecule has 1 aromatic carbocycles. The fraction of sp³-hybridized carbons (Fsp3) is 0.333. The Morgan fingerprint density at radius 3 is 2.47 bits per heavy atom. The van der Waals surface area contributed by atoms with Gasteiger partial charge in [0, 0.05) is 10.6 Å². The van der Waals surface area contributed by atoms with Crippen molar-refractivity contribution in [3.8, 4) is 11.3 Å². The molecule has 0 unspecified atom stereocenters. The number of aliphatic hydroxyl groups is 1. The lowest BCUT2D eigenvalue weighted by molar-refractivity contribution is -0.738. The average Bonchev–Trinajstić information content (AvgIpc) is 2.86. The van der Waals surface area contributed by atoms with Crippen LogP contribution in [0.3, 0.4) is 0 Å². The molecular weight excluding hydrogens is 262 g/mol. The van der Waals surface area contributed by atoms with E-state index in [9.17, 15) is 5.11 Å². The maximum absolute atomic E-state index is 9.21. The molecule has 0 atom stereocenters. The van der Waals surface area contributed by atoms with Crippen LogP contribution in [0.1, 0.15) is 19.6 Å². The van der Waals surface area contributed by atoms with E-state index in [1.54, 1.807) is 0 Å². The van der Waals surface area contributed by atoms with Gasteiger partial charge in [-0.2, -0.15) is 0 Å². The summed E-state index contributed by atoms with van der Waals surface area (Å²) in [5.74, 6) is 1.73. The number of benzene rings is 1. The highest BCUT2D eigenvalue weighted by Crippen LogP contribution is 2.23. The normalized spacial score (nSPS) is 11.8. The molecule has 0 saturated heterocycles. The number of hydrogen-bond acceptors (Lipinski definition) is 2. The van der Waals surface area contributed by atoms with Gasteiger partial charge in [0.05, 0.1) is 6.61 Å².